The van der Waals surface area contributed by atoms with Crippen LogP contribution >= 0.6 is 0 Å². The van der Waals surface area contributed by atoms with E-state index in [9.17, 15) is 17.4 Å². The van der Waals surface area contributed by atoms with E-state index in [2.05, 4.69) is 10.3 Å². The molecule has 1 rings (SSSR count). The van der Waals surface area contributed by atoms with E-state index in [0.29, 0.717) is 6.07 Å². The van der Waals surface area contributed by atoms with Crippen LogP contribution in [-0.2, 0) is 10.8 Å². The molecular weight excluding hydrogens is 241 g/mol. The number of hydrogen-bond donors (Lipinski definition) is 1. The van der Waals surface area contributed by atoms with Crippen LogP contribution in [0.25, 0.3) is 0 Å². The minimum atomic E-state index is -1.37. The van der Waals surface area contributed by atoms with Gasteiger partial charge in [-0.2, -0.15) is 9.37 Å². The lowest BCUT2D eigenvalue weighted by Gasteiger charge is -2.10. The van der Waals surface area contributed by atoms with Crippen molar-refractivity contribution in [3.63, 3.8) is 0 Å². The zero-order chi connectivity index (χ0) is 12.3. The lowest BCUT2D eigenvalue weighted by molar-refractivity contribution is 0.466. The van der Waals surface area contributed by atoms with Crippen molar-refractivity contribution >= 4 is 16.6 Å². The minimum absolute atomic E-state index is 0.165. The molecule has 1 N–H and O–H groups in total. The summed E-state index contributed by atoms with van der Waals surface area (Å²) in [4.78, 5) is 3.08. The van der Waals surface area contributed by atoms with Crippen molar-refractivity contribution in [2.75, 3.05) is 18.1 Å². The molecule has 0 aliphatic rings. The molecule has 2 atom stereocenters. The number of rotatable bonds is 4. The van der Waals surface area contributed by atoms with Gasteiger partial charge in [-0.1, -0.05) is 0 Å². The Hall–Kier alpha value is -1.11. The Morgan fingerprint density at radius 2 is 2.06 bits per heavy atom. The van der Waals surface area contributed by atoms with E-state index in [1.165, 1.54) is 6.26 Å². The maximum Gasteiger partial charge on any atom is 0.251 e. The van der Waals surface area contributed by atoms with Gasteiger partial charge in [0, 0.05) is 34.9 Å². The van der Waals surface area contributed by atoms with Crippen LogP contribution in [-0.4, -0.2) is 27.2 Å². The molecule has 0 radical (unpaired) electrons. The van der Waals surface area contributed by atoms with Gasteiger partial charge in [-0.25, -0.2) is 8.78 Å². The van der Waals surface area contributed by atoms with E-state index in [-0.39, 0.29) is 17.6 Å². The fourth-order valence-corrected chi connectivity index (χ4v) is 1.24. The molecule has 0 spiro atoms. The molecule has 1 aromatic heterocycles. The number of pyridine rings is 1. The second-order valence-corrected chi connectivity index (χ2v) is 5.08. The average molecular weight is 252 g/mol. The second-order valence-electron chi connectivity index (χ2n) is 3.28. The third-order valence-electron chi connectivity index (χ3n) is 2.01. The molecular formula is C9H11F3N2OS. The first-order valence-corrected chi connectivity index (χ1v) is 6.11. The highest BCUT2D eigenvalue weighted by atomic mass is 32.2. The number of nitrogens with one attached hydrogen (secondary N) is 1. The maximum atomic E-state index is 13.1. The van der Waals surface area contributed by atoms with Gasteiger partial charge in [0.2, 0.25) is 0 Å². The summed E-state index contributed by atoms with van der Waals surface area (Å²) in [6, 6.07) is 0.415. The summed E-state index contributed by atoms with van der Waals surface area (Å²) in [6.45, 7) is 1.85. The Labute approximate surface area is 93.5 Å². The minimum Gasteiger partial charge on any atom is -0.366 e. The third kappa shape index (κ3) is 3.19. The van der Waals surface area contributed by atoms with Crippen molar-refractivity contribution in [2.45, 2.75) is 12.2 Å². The zero-order valence-corrected chi connectivity index (χ0v) is 9.58. The van der Waals surface area contributed by atoms with Gasteiger partial charge in [0.1, 0.15) is 0 Å². The molecule has 0 amide bonds. The smallest absolute Gasteiger partial charge is 0.251 e. The predicted octanol–water partition coefficient (Wildman–Crippen LogP) is 1.68. The Morgan fingerprint density at radius 3 is 2.62 bits per heavy atom. The number of nitrogens with zero attached hydrogens (tertiary/aromatic N) is 1. The lowest BCUT2D eigenvalue weighted by atomic mass is 10.4. The maximum absolute atomic E-state index is 13.1. The molecule has 16 heavy (non-hydrogen) atoms. The van der Waals surface area contributed by atoms with Crippen LogP contribution in [0.1, 0.15) is 6.92 Å². The molecule has 0 aliphatic heterocycles. The quantitative estimate of drug-likeness (QED) is 0.829. The lowest BCUT2D eigenvalue weighted by Crippen LogP contribution is -2.22. The average Bonchev–Trinajstić information content (AvgIpc) is 2.20. The Kier molecular flexibility index (Phi) is 4.28. The number of aromatic nitrogens is 1. The van der Waals surface area contributed by atoms with Gasteiger partial charge < -0.3 is 5.32 Å². The van der Waals surface area contributed by atoms with Crippen molar-refractivity contribution in [3.05, 3.63) is 23.6 Å². The Bertz CT molecular complexity index is 414. The van der Waals surface area contributed by atoms with Crippen LogP contribution in [0, 0.1) is 17.6 Å². The number of halogens is 3. The molecule has 3 nitrogen and oxygen atoms in total. The first kappa shape index (κ1) is 13.0. The van der Waals surface area contributed by atoms with Gasteiger partial charge in [0.15, 0.2) is 17.5 Å². The van der Waals surface area contributed by atoms with E-state index in [0.717, 1.165) is 0 Å². The van der Waals surface area contributed by atoms with Crippen molar-refractivity contribution in [1.82, 2.24) is 4.98 Å². The van der Waals surface area contributed by atoms with Crippen LogP contribution < -0.4 is 5.32 Å². The summed E-state index contributed by atoms with van der Waals surface area (Å²) in [5, 5.41) is 2.23. The molecule has 0 aliphatic carbocycles. The normalized spacial score (nSPS) is 14.6. The second kappa shape index (κ2) is 5.29. The van der Waals surface area contributed by atoms with Crippen molar-refractivity contribution in [2.24, 2.45) is 0 Å². The van der Waals surface area contributed by atoms with E-state index >= 15 is 0 Å². The highest BCUT2D eigenvalue weighted by Crippen LogP contribution is 2.14. The summed E-state index contributed by atoms with van der Waals surface area (Å²) in [6.07, 6.45) is 1.50. The topological polar surface area (TPSA) is 42.0 Å². The summed E-state index contributed by atoms with van der Waals surface area (Å²) in [5.41, 5.74) is 0. The first-order chi connectivity index (χ1) is 7.41. The van der Waals surface area contributed by atoms with E-state index in [4.69, 9.17) is 0 Å². The van der Waals surface area contributed by atoms with E-state index < -0.39 is 28.4 Å². The van der Waals surface area contributed by atoms with Gasteiger partial charge in [-0.05, 0) is 6.92 Å². The zero-order valence-electron chi connectivity index (χ0n) is 8.76. The highest BCUT2D eigenvalue weighted by molar-refractivity contribution is 7.84. The van der Waals surface area contributed by atoms with Crippen molar-refractivity contribution in [1.29, 1.82) is 0 Å². The van der Waals surface area contributed by atoms with Crippen LogP contribution in [0.2, 0.25) is 0 Å². The molecule has 0 aromatic carbocycles. The van der Waals surface area contributed by atoms with Gasteiger partial charge in [-0.15, -0.1) is 0 Å². The fraction of sp³-hybridized carbons (Fsp3) is 0.444. The number of anilines is 1. The molecule has 0 fully saturated rings. The molecule has 0 saturated carbocycles. The Morgan fingerprint density at radius 1 is 1.44 bits per heavy atom. The monoisotopic (exact) mass is 252 g/mol. The Balaban J connectivity index is 2.74. The van der Waals surface area contributed by atoms with Gasteiger partial charge in [0.05, 0.1) is 0 Å². The molecule has 0 saturated heterocycles. The molecule has 1 heterocycles. The van der Waals surface area contributed by atoms with Crippen molar-refractivity contribution < 1.29 is 17.4 Å². The van der Waals surface area contributed by atoms with E-state index in [1.54, 1.807) is 6.92 Å². The molecule has 90 valence electrons. The highest BCUT2D eigenvalue weighted by Gasteiger charge is 2.13. The largest absolute Gasteiger partial charge is 0.366 e. The number of hydrogen-bond acceptors (Lipinski definition) is 3. The van der Waals surface area contributed by atoms with Crippen LogP contribution in [0.4, 0.5) is 19.0 Å². The predicted molar refractivity (Wildman–Crippen MR) is 56.1 cm³/mol. The van der Waals surface area contributed by atoms with Crippen molar-refractivity contribution in [3.8, 4) is 0 Å². The standard InChI is InChI=1S/C9H11F3N2OS/c1-5(16(2)15)4-13-9-7(11)3-6(10)8(12)14-9/h3,5H,4H2,1-2H3,(H,13,14). The SMILES string of the molecule is CC(CNc1nc(F)c(F)cc1F)S(C)=O. The fourth-order valence-electron chi connectivity index (χ4n) is 0.926. The van der Waals surface area contributed by atoms with Gasteiger partial charge >= 0.3 is 0 Å². The third-order valence-corrected chi connectivity index (χ3v) is 3.31. The van der Waals surface area contributed by atoms with Gasteiger partial charge in [-0.3, -0.25) is 4.21 Å². The molecule has 0 bridgehead atoms. The summed E-state index contributed by atoms with van der Waals surface area (Å²) >= 11 is 0. The summed E-state index contributed by atoms with van der Waals surface area (Å²) in [5.74, 6) is -4.06. The molecule has 7 heteroatoms. The van der Waals surface area contributed by atoms with Crippen LogP contribution in [0.15, 0.2) is 6.07 Å². The molecule has 2 unspecified atom stereocenters. The summed E-state index contributed by atoms with van der Waals surface area (Å²) in [7, 11) is -1.08. The molecule has 1 aromatic rings. The van der Waals surface area contributed by atoms with Crippen LogP contribution in [0.5, 0.6) is 0 Å². The summed E-state index contributed by atoms with van der Waals surface area (Å²) < 4.78 is 49.3. The van der Waals surface area contributed by atoms with E-state index in [1.807, 2.05) is 0 Å². The van der Waals surface area contributed by atoms with Gasteiger partial charge in [0.25, 0.3) is 5.95 Å². The first-order valence-electron chi connectivity index (χ1n) is 4.49. The van der Waals surface area contributed by atoms with Crippen LogP contribution in [0.3, 0.4) is 0 Å².